The lowest BCUT2D eigenvalue weighted by Crippen LogP contribution is -2.29. The molecule has 3 heterocycles. The molecule has 2 aliphatic heterocycles. The van der Waals surface area contributed by atoms with Gasteiger partial charge in [-0.05, 0) is 31.7 Å². The molecule has 3 nitrogen and oxygen atoms in total. The molecule has 3 rings (SSSR count). The quantitative estimate of drug-likeness (QED) is 0.649. The van der Waals surface area contributed by atoms with Crippen LogP contribution < -0.4 is 4.90 Å². The van der Waals surface area contributed by atoms with Gasteiger partial charge in [-0.2, -0.15) is 0 Å². The van der Waals surface area contributed by atoms with Crippen molar-refractivity contribution in [2.75, 3.05) is 4.90 Å². The molecule has 2 saturated heterocycles. The molecule has 2 bridgehead atoms. The number of aromatic nitrogens is 2. The summed E-state index contributed by atoms with van der Waals surface area (Å²) in [6, 6.07) is 3.33. The Morgan fingerprint density at radius 1 is 1.00 bits per heavy atom. The van der Waals surface area contributed by atoms with Crippen LogP contribution in [0.4, 0.5) is 5.95 Å². The van der Waals surface area contributed by atoms with Gasteiger partial charge >= 0.3 is 0 Å². The molecule has 0 aliphatic carbocycles. The maximum absolute atomic E-state index is 4.32. The van der Waals surface area contributed by atoms with Crippen molar-refractivity contribution in [3.05, 3.63) is 18.5 Å². The zero-order valence-corrected chi connectivity index (χ0v) is 7.56. The molecule has 13 heavy (non-hydrogen) atoms. The van der Waals surface area contributed by atoms with E-state index in [1.54, 1.807) is 0 Å². The van der Waals surface area contributed by atoms with E-state index in [4.69, 9.17) is 0 Å². The predicted molar refractivity (Wildman–Crippen MR) is 50.6 cm³/mol. The molecule has 2 aliphatic rings. The number of rotatable bonds is 1. The van der Waals surface area contributed by atoms with Crippen molar-refractivity contribution in [3.8, 4) is 0 Å². The van der Waals surface area contributed by atoms with Crippen molar-refractivity contribution >= 4 is 5.95 Å². The lowest BCUT2D eigenvalue weighted by Gasteiger charge is -2.21. The molecule has 0 saturated carbocycles. The third-order valence-electron chi connectivity index (χ3n) is 3.24. The van der Waals surface area contributed by atoms with Crippen LogP contribution in [0.1, 0.15) is 25.7 Å². The first-order chi connectivity index (χ1) is 6.45. The summed E-state index contributed by atoms with van der Waals surface area (Å²) in [5.74, 6) is 0.938. The normalized spacial score (nSPS) is 31.2. The maximum Gasteiger partial charge on any atom is 0.225 e. The Hall–Kier alpha value is -1.12. The van der Waals surface area contributed by atoms with E-state index in [2.05, 4.69) is 14.9 Å². The molecule has 68 valence electrons. The first kappa shape index (κ1) is 7.30. The number of fused-ring (bicyclic) bond motifs is 2. The van der Waals surface area contributed by atoms with E-state index in [0.29, 0.717) is 0 Å². The molecule has 0 spiro atoms. The van der Waals surface area contributed by atoms with Gasteiger partial charge in [0.1, 0.15) is 0 Å². The first-order valence-corrected chi connectivity index (χ1v) is 5.00. The highest BCUT2D eigenvalue weighted by atomic mass is 15.3. The molecule has 1 aromatic heterocycles. The lowest BCUT2D eigenvalue weighted by atomic mass is 10.0. The van der Waals surface area contributed by atoms with E-state index in [1.807, 2.05) is 18.5 Å². The van der Waals surface area contributed by atoms with Crippen LogP contribution in [-0.2, 0) is 0 Å². The average Bonchev–Trinajstić information content (AvgIpc) is 2.78. The molecule has 0 radical (unpaired) electrons. The van der Waals surface area contributed by atoms with Gasteiger partial charge in [0.05, 0.1) is 0 Å². The summed E-state index contributed by atoms with van der Waals surface area (Å²) in [4.78, 5) is 11.0. The van der Waals surface area contributed by atoms with E-state index in [9.17, 15) is 0 Å². The lowest BCUT2D eigenvalue weighted by molar-refractivity contribution is 0.576. The van der Waals surface area contributed by atoms with Gasteiger partial charge in [0.25, 0.3) is 0 Å². The Bertz CT molecular complexity index is 278. The largest absolute Gasteiger partial charge is 0.335 e. The molecular formula is C10H13N3. The molecular weight excluding hydrogens is 162 g/mol. The summed E-state index contributed by atoms with van der Waals surface area (Å²) < 4.78 is 0. The van der Waals surface area contributed by atoms with E-state index >= 15 is 0 Å². The van der Waals surface area contributed by atoms with Crippen LogP contribution in [0.5, 0.6) is 0 Å². The fourth-order valence-corrected chi connectivity index (χ4v) is 2.66. The Labute approximate surface area is 77.8 Å². The van der Waals surface area contributed by atoms with Gasteiger partial charge in [0.2, 0.25) is 5.95 Å². The minimum absolute atomic E-state index is 0.729. The van der Waals surface area contributed by atoms with Gasteiger partial charge in [0, 0.05) is 24.5 Å². The van der Waals surface area contributed by atoms with Crippen molar-refractivity contribution in [1.82, 2.24) is 9.97 Å². The minimum atomic E-state index is 0.729. The van der Waals surface area contributed by atoms with E-state index in [1.165, 1.54) is 25.7 Å². The van der Waals surface area contributed by atoms with Crippen molar-refractivity contribution in [2.45, 2.75) is 37.8 Å². The van der Waals surface area contributed by atoms with Crippen LogP contribution >= 0.6 is 0 Å². The standard InChI is InChI=1S/C10H13N3/c1-6-11-10(12-7-1)13-8-2-3-9(13)5-4-8/h1,6-9H,2-5H2. The van der Waals surface area contributed by atoms with E-state index in [0.717, 1.165) is 18.0 Å². The molecule has 3 heteroatoms. The Kier molecular flexibility index (Phi) is 1.51. The number of hydrogen-bond acceptors (Lipinski definition) is 3. The second-order valence-corrected chi connectivity index (χ2v) is 3.92. The van der Waals surface area contributed by atoms with E-state index < -0.39 is 0 Å². The zero-order valence-electron chi connectivity index (χ0n) is 7.56. The van der Waals surface area contributed by atoms with Gasteiger partial charge in [-0.15, -0.1) is 0 Å². The predicted octanol–water partition coefficient (Wildman–Crippen LogP) is 1.61. The van der Waals surface area contributed by atoms with Crippen LogP contribution in [0.15, 0.2) is 18.5 Å². The van der Waals surface area contributed by atoms with Gasteiger partial charge < -0.3 is 4.90 Å². The maximum atomic E-state index is 4.32. The summed E-state index contributed by atoms with van der Waals surface area (Å²) >= 11 is 0. The summed E-state index contributed by atoms with van der Waals surface area (Å²) in [5.41, 5.74) is 0. The van der Waals surface area contributed by atoms with Gasteiger partial charge in [-0.25, -0.2) is 9.97 Å². The van der Waals surface area contributed by atoms with Crippen LogP contribution in [0.25, 0.3) is 0 Å². The molecule has 1 aromatic rings. The monoisotopic (exact) mass is 175 g/mol. The Morgan fingerprint density at radius 2 is 1.54 bits per heavy atom. The van der Waals surface area contributed by atoms with E-state index in [-0.39, 0.29) is 0 Å². The summed E-state index contributed by atoms with van der Waals surface area (Å²) in [6.07, 6.45) is 9.01. The van der Waals surface area contributed by atoms with Crippen LogP contribution in [0, 0.1) is 0 Å². The molecule has 0 aromatic carbocycles. The highest BCUT2D eigenvalue weighted by molar-refractivity contribution is 5.37. The third kappa shape index (κ3) is 1.03. The number of anilines is 1. The molecule has 2 fully saturated rings. The summed E-state index contributed by atoms with van der Waals surface area (Å²) in [6.45, 7) is 0. The van der Waals surface area contributed by atoms with Gasteiger partial charge in [-0.3, -0.25) is 0 Å². The fourth-order valence-electron chi connectivity index (χ4n) is 2.66. The van der Waals surface area contributed by atoms with Crippen molar-refractivity contribution in [2.24, 2.45) is 0 Å². The second kappa shape index (κ2) is 2.69. The van der Waals surface area contributed by atoms with Gasteiger partial charge in [-0.1, -0.05) is 0 Å². The van der Waals surface area contributed by atoms with Crippen molar-refractivity contribution < 1.29 is 0 Å². The molecule has 0 amide bonds. The first-order valence-electron chi connectivity index (χ1n) is 5.00. The topological polar surface area (TPSA) is 29.0 Å². The number of hydrogen-bond donors (Lipinski definition) is 0. The Morgan fingerprint density at radius 3 is 2.08 bits per heavy atom. The molecule has 0 unspecified atom stereocenters. The summed E-state index contributed by atoms with van der Waals surface area (Å²) in [5, 5.41) is 0. The molecule has 0 N–H and O–H groups in total. The van der Waals surface area contributed by atoms with Gasteiger partial charge in [0.15, 0.2) is 0 Å². The summed E-state index contributed by atoms with van der Waals surface area (Å²) in [7, 11) is 0. The zero-order chi connectivity index (χ0) is 8.67. The highest BCUT2D eigenvalue weighted by Crippen LogP contribution is 2.38. The van der Waals surface area contributed by atoms with Crippen LogP contribution in [0.3, 0.4) is 0 Å². The second-order valence-electron chi connectivity index (χ2n) is 3.92. The average molecular weight is 175 g/mol. The van der Waals surface area contributed by atoms with Crippen molar-refractivity contribution in [3.63, 3.8) is 0 Å². The fraction of sp³-hybridized carbons (Fsp3) is 0.600. The van der Waals surface area contributed by atoms with Crippen molar-refractivity contribution in [1.29, 1.82) is 0 Å². The third-order valence-corrected chi connectivity index (χ3v) is 3.24. The SMILES string of the molecule is c1cnc(N2C3CCC2CC3)nc1. The van der Waals surface area contributed by atoms with Crippen LogP contribution in [0.2, 0.25) is 0 Å². The Balaban J connectivity index is 1.94. The highest BCUT2D eigenvalue weighted by Gasteiger charge is 2.40. The minimum Gasteiger partial charge on any atom is -0.335 e. The molecule has 0 atom stereocenters. The number of nitrogens with zero attached hydrogens (tertiary/aromatic N) is 3. The smallest absolute Gasteiger partial charge is 0.225 e. The van der Waals surface area contributed by atoms with Crippen LogP contribution in [-0.4, -0.2) is 22.1 Å².